The number of benzene rings is 2. The van der Waals surface area contributed by atoms with Gasteiger partial charge < -0.3 is 9.72 Å². The smallest absolute Gasteiger partial charge is 0.355 e. The Morgan fingerprint density at radius 2 is 1.81 bits per heavy atom. The number of hydrogen-bond donors (Lipinski definition) is 1. The van der Waals surface area contributed by atoms with E-state index < -0.39 is 29.3 Å². The minimum absolute atomic E-state index is 0.0656. The van der Waals surface area contributed by atoms with Crippen molar-refractivity contribution in [1.82, 2.24) is 9.97 Å². The lowest BCUT2D eigenvalue weighted by Crippen LogP contribution is -2.17. The Morgan fingerprint density at radius 1 is 1.08 bits per heavy atom. The first-order valence-electron chi connectivity index (χ1n) is 7.98. The van der Waals surface area contributed by atoms with E-state index >= 15 is 0 Å². The summed E-state index contributed by atoms with van der Waals surface area (Å²) in [5.41, 5.74) is -1.08. The predicted octanol–water partition coefficient (Wildman–Crippen LogP) is 4.78. The van der Waals surface area contributed by atoms with E-state index in [9.17, 15) is 17.6 Å². The Balaban J connectivity index is 1.77. The van der Waals surface area contributed by atoms with Crippen LogP contribution in [0.25, 0.3) is 0 Å². The van der Waals surface area contributed by atoms with Crippen molar-refractivity contribution < 1.29 is 22.3 Å². The summed E-state index contributed by atoms with van der Waals surface area (Å²) in [5.74, 6) is 0.163. The maximum absolute atomic E-state index is 13.4. The first-order valence-corrected chi connectivity index (χ1v) is 7.98. The summed E-state index contributed by atoms with van der Waals surface area (Å²) in [6, 6.07) is 11.0. The number of aromatic amines is 1. The third kappa shape index (κ3) is 2.88. The van der Waals surface area contributed by atoms with Gasteiger partial charge in [0.1, 0.15) is 23.3 Å². The number of ether oxygens (including phenoxy) is 1. The van der Waals surface area contributed by atoms with Crippen molar-refractivity contribution in [2.45, 2.75) is 24.3 Å². The number of H-pyrrole nitrogens is 1. The first-order chi connectivity index (χ1) is 12.4. The van der Waals surface area contributed by atoms with Crippen LogP contribution in [-0.4, -0.2) is 9.97 Å². The Hall–Kier alpha value is -2.67. The molecule has 1 aliphatic rings. The highest BCUT2D eigenvalue weighted by Gasteiger charge is 2.60. The van der Waals surface area contributed by atoms with Gasteiger partial charge in [0.2, 0.25) is 0 Å². The zero-order valence-electron chi connectivity index (χ0n) is 13.4. The molecule has 1 aromatic heterocycles. The van der Waals surface area contributed by atoms with Crippen LogP contribution in [0, 0.1) is 5.82 Å². The molecule has 2 aromatic carbocycles. The molecule has 1 aliphatic heterocycles. The molecular weight excluding hydrogens is 348 g/mol. The maximum Gasteiger partial charge on any atom is 0.416 e. The van der Waals surface area contributed by atoms with E-state index in [2.05, 4.69) is 9.97 Å². The van der Waals surface area contributed by atoms with E-state index in [1.807, 2.05) is 0 Å². The number of alkyl halides is 3. The maximum atomic E-state index is 13.4. The van der Waals surface area contributed by atoms with Gasteiger partial charge in [0.05, 0.1) is 5.56 Å². The van der Waals surface area contributed by atoms with Crippen LogP contribution in [0.5, 0.6) is 0 Å². The Bertz CT molecular complexity index is 906. The zero-order valence-corrected chi connectivity index (χ0v) is 13.4. The average molecular weight is 362 g/mol. The van der Waals surface area contributed by atoms with Crippen LogP contribution in [0.4, 0.5) is 17.6 Å². The van der Waals surface area contributed by atoms with Crippen molar-refractivity contribution >= 4 is 0 Å². The fourth-order valence-corrected chi connectivity index (χ4v) is 3.31. The monoisotopic (exact) mass is 362 g/mol. The fourth-order valence-electron chi connectivity index (χ4n) is 3.31. The van der Waals surface area contributed by atoms with E-state index in [0.717, 1.165) is 6.07 Å². The molecule has 2 atom stereocenters. The Kier molecular flexibility index (Phi) is 3.84. The lowest BCUT2D eigenvalue weighted by Gasteiger charge is -2.15. The quantitative estimate of drug-likeness (QED) is 0.536. The van der Waals surface area contributed by atoms with Crippen LogP contribution in [0.1, 0.15) is 28.6 Å². The van der Waals surface area contributed by atoms with Crippen molar-refractivity contribution in [2.75, 3.05) is 0 Å². The van der Waals surface area contributed by atoms with Crippen molar-refractivity contribution in [2.24, 2.45) is 0 Å². The van der Waals surface area contributed by atoms with Crippen molar-refractivity contribution in [3.63, 3.8) is 0 Å². The molecule has 1 N–H and O–H groups in total. The minimum Gasteiger partial charge on any atom is -0.355 e. The van der Waals surface area contributed by atoms with E-state index in [0.29, 0.717) is 11.4 Å². The summed E-state index contributed by atoms with van der Waals surface area (Å²) in [4.78, 5) is 7.10. The van der Waals surface area contributed by atoms with E-state index in [1.165, 1.54) is 36.4 Å². The highest BCUT2D eigenvalue weighted by atomic mass is 19.4. The normalized spacial score (nSPS) is 22.4. The molecule has 0 aliphatic carbocycles. The standard InChI is InChI=1S/C19H14F4N2O/c20-13-7-5-12(6-8-13)18(11-16-24-9-10-25-16)17(26-18)14-3-1-2-4-15(14)19(21,22)23/h1-10,17H,11H2,(H,24,25)/t17-,18+/m0/s1. The number of rotatable bonds is 4. The second kappa shape index (κ2) is 5.95. The molecule has 0 spiro atoms. The number of aromatic nitrogens is 2. The van der Waals surface area contributed by atoms with Gasteiger partial charge in [0.15, 0.2) is 0 Å². The van der Waals surface area contributed by atoms with Gasteiger partial charge in [-0.2, -0.15) is 13.2 Å². The van der Waals surface area contributed by atoms with Crippen LogP contribution in [0.2, 0.25) is 0 Å². The molecule has 2 heterocycles. The molecule has 4 rings (SSSR count). The van der Waals surface area contributed by atoms with Crippen LogP contribution < -0.4 is 0 Å². The summed E-state index contributed by atoms with van der Waals surface area (Å²) in [5, 5.41) is 0. The highest BCUT2D eigenvalue weighted by molar-refractivity contribution is 5.41. The van der Waals surface area contributed by atoms with Gasteiger partial charge in [-0.05, 0) is 29.3 Å². The Labute approximate surface area is 146 Å². The van der Waals surface area contributed by atoms with Crippen LogP contribution in [-0.2, 0) is 22.9 Å². The van der Waals surface area contributed by atoms with Gasteiger partial charge in [-0.25, -0.2) is 9.37 Å². The third-order valence-corrected chi connectivity index (χ3v) is 4.56. The van der Waals surface area contributed by atoms with Gasteiger partial charge in [0, 0.05) is 18.8 Å². The van der Waals surface area contributed by atoms with Crippen molar-refractivity contribution in [3.05, 3.63) is 89.3 Å². The first kappa shape index (κ1) is 16.8. The van der Waals surface area contributed by atoms with E-state index in [1.54, 1.807) is 18.5 Å². The predicted molar refractivity (Wildman–Crippen MR) is 85.6 cm³/mol. The molecule has 0 unspecified atom stereocenters. The SMILES string of the molecule is Fc1ccc([C@@]2(Cc3ncc[nH]3)O[C@H]2c2ccccc2C(F)(F)F)cc1. The second-order valence-electron chi connectivity index (χ2n) is 6.19. The van der Waals surface area contributed by atoms with Gasteiger partial charge >= 0.3 is 6.18 Å². The third-order valence-electron chi connectivity index (χ3n) is 4.56. The topological polar surface area (TPSA) is 41.2 Å². The van der Waals surface area contributed by atoms with Crippen molar-refractivity contribution in [1.29, 1.82) is 0 Å². The zero-order chi connectivity index (χ0) is 18.4. The molecule has 1 saturated heterocycles. The van der Waals surface area contributed by atoms with E-state index in [4.69, 9.17) is 4.74 Å². The lowest BCUT2D eigenvalue weighted by molar-refractivity contribution is -0.138. The van der Waals surface area contributed by atoms with Crippen LogP contribution >= 0.6 is 0 Å². The highest BCUT2D eigenvalue weighted by Crippen LogP contribution is 2.60. The van der Waals surface area contributed by atoms with Crippen LogP contribution in [0.15, 0.2) is 60.9 Å². The van der Waals surface area contributed by atoms with Gasteiger partial charge in [0.25, 0.3) is 0 Å². The number of hydrogen-bond acceptors (Lipinski definition) is 2. The molecule has 1 fully saturated rings. The summed E-state index contributed by atoms with van der Waals surface area (Å²) in [6.45, 7) is 0. The molecule has 0 bridgehead atoms. The molecule has 0 radical (unpaired) electrons. The molecule has 3 aromatic rings. The molecule has 0 saturated carbocycles. The van der Waals surface area contributed by atoms with Gasteiger partial charge in [-0.1, -0.05) is 30.3 Å². The van der Waals surface area contributed by atoms with E-state index in [-0.39, 0.29) is 12.0 Å². The van der Waals surface area contributed by atoms with Gasteiger partial charge in [-0.3, -0.25) is 0 Å². The van der Waals surface area contributed by atoms with Gasteiger partial charge in [-0.15, -0.1) is 0 Å². The van der Waals surface area contributed by atoms with Crippen molar-refractivity contribution in [3.8, 4) is 0 Å². The minimum atomic E-state index is -4.48. The largest absolute Gasteiger partial charge is 0.416 e. The number of nitrogens with zero attached hydrogens (tertiary/aromatic N) is 1. The lowest BCUT2D eigenvalue weighted by atomic mass is 9.87. The number of imidazole rings is 1. The number of nitrogens with one attached hydrogen (secondary N) is 1. The summed E-state index contributed by atoms with van der Waals surface area (Å²) < 4.78 is 59.3. The molecule has 3 nitrogen and oxygen atoms in total. The summed E-state index contributed by atoms with van der Waals surface area (Å²) >= 11 is 0. The number of epoxide rings is 1. The Morgan fingerprint density at radius 3 is 2.46 bits per heavy atom. The second-order valence-corrected chi connectivity index (χ2v) is 6.19. The summed E-state index contributed by atoms with van der Waals surface area (Å²) in [7, 11) is 0. The number of halogens is 4. The molecular formula is C19H14F4N2O. The summed E-state index contributed by atoms with van der Waals surface area (Å²) in [6.07, 6.45) is -1.83. The molecule has 134 valence electrons. The molecule has 26 heavy (non-hydrogen) atoms. The molecule has 7 heteroatoms. The molecule has 0 amide bonds. The van der Waals surface area contributed by atoms with Crippen LogP contribution in [0.3, 0.4) is 0 Å². The fraction of sp³-hybridized carbons (Fsp3) is 0.211. The average Bonchev–Trinajstić information content (AvgIpc) is 3.09.